The summed E-state index contributed by atoms with van der Waals surface area (Å²) in [4.78, 5) is 21.7. The van der Waals surface area contributed by atoms with Crippen molar-refractivity contribution in [2.24, 2.45) is 0 Å². The van der Waals surface area contributed by atoms with Crippen molar-refractivity contribution in [2.75, 3.05) is 13.1 Å². The molecule has 5 nitrogen and oxygen atoms in total. The van der Waals surface area contributed by atoms with Crippen LogP contribution in [0.1, 0.15) is 18.4 Å². The molecule has 3 rings (SSSR count). The maximum atomic E-state index is 12.8. The van der Waals surface area contributed by atoms with Gasteiger partial charge in [-0.25, -0.2) is 14.4 Å². The number of piperidine rings is 1. The smallest absolute Gasteiger partial charge is 0.316 e. The second-order valence-corrected chi connectivity index (χ2v) is 5.54. The van der Waals surface area contributed by atoms with Crippen LogP contribution in [-0.4, -0.2) is 40.0 Å². The largest absolute Gasteiger partial charge is 0.460 e. The fraction of sp³-hybridized carbons (Fsp3) is 0.353. The molecule has 1 aromatic carbocycles. The van der Waals surface area contributed by atoms with Crippen molar-refractivity contribution in [3.63, 3.8) is 0 Å². The second kappa shape index (κ2) is 7.17. The van der Waals surface area contributed by atoms with Crippen molar-refractivity contribution in [1.82, 2.24) is 14.9 Å². The van der Waals surface area contributed by atoms with Gasteiger partial charge in [0.15, 0.2) is 5.82 Å². The molecule has 0 atom stereocenters. The fourth-order valence-corrected chi connectivity index (χ4v) is 2.62. The fourth-order valence-electron chi connectivity index (χ4n) is 2.62. The molecule has 6 heteroatoms. The lowest BCUT2D eigenvalue weighted by molar-refractivity contribution is -0.132. The van der Waals surface area contributed by atoms with Gasteiger partial charge in [-0.15, -0.1) is 0 Å². The van der Waals surface area contributed by atoms with Gasteiger partial charge in [0.05, 0.1) is 18.8 Å². The van der Waals surface area contributed by atoms with Crippen LogP contribution in [0.2, 0.25) is 0 Å². The zero-order valence-corrected chi connectivity index (χ0v) is 12.7. The molecule has 23 heavy (non-hydrogen) atoms. The number of nitrogens with zero attached hydrogens (tertiary/aromatic N) is 3. The van der Waals surface area contributed by atoms with Gasteiger partial charge in [0, 0.05) is 25.9 Å². The molecule has 0 N–H and O–H groups in total. The number of benzene rings is 1. The molecular formula is C17H18FN3O2. The van der Waals surface area contributed by atoms with Crippen LogP contribution >= 0.6 is 0 Å². The minimum absolute atomic E-state index is 0.0405. The monoisotopic (exact) mass is 315 g/mol. The Labute approximate surface area is 134 Å². The highest BCUT2D eigenvalue weighted by atomic mass is 19.1. The van der Waals surface area contributed by atoms with Crippen LogP contribution in [0, 0.1) is 5.82 Å². The lowest BCUT2D eigenvalue weighted by Gasteiger charge is -2.31. The van der Waals surface area contributed by atoms with E-state index in [1.807, 2.05) is 35.2 Å². The summed E-state index contributed by atoms with van der Waals surface area (Å²) in [6, 6.07) is 9.91. The van der Waals surface area contributed by atoms with Crippen molar-refractivity contribution in [3.05, 3.63) is 54.1 Å². The molecule has 1 aromatic heterocycles. The molecular weight excluding hydrogens is 297 g/mol. The van der Waals surface area contributed by atoms with E-state index < -0.39 is 5.82 Å². The van der Waals surface area contributed by atoms with Crippen molar-refractivity contribution in [2.45, 2.75) is 25.4 Å². The van der Waals surface area contributed by atoms with Crippen LogP contribution in [0.3, 0.4) is 0 Å². The molecule has 0 bridgehead atoms. The Kier molecular flexibility index (Phi) is 4.80. The van der Waals surface area contributed by atoms with Gasteiger partial charge in [-0.2, -0.15) is 0 Å². The van der Waals surface area contributed by atoms with Gasteiger partial charge >= 0.3 is 6.01 Å². The normalized spacial score (nSPS) is 15.4. The van der Waals surface area contributed by atoms with Crippen LogP contribution in [0.5, 0.6) is 6.01 Å². The molecule has 120 valence electrons. The van der Waals surface area contributed by atoms with Crippen molar-refractivity contribution in [1.29, 1.82) is 0 Å². The molecule has 1 amide bonds. The van der Waals surface area contributed by atoms with Crippen LogP contribution in [0.25, 0.3) is 0 Å². The number of carbonyl (C=O) groups is 1. The summed E-state index contributed by atoms with van der Waals surface area (Å²) < 4.78 is 18.4. The molecule has 2 aromatic rings. The molecule has 1 aliphatic rings. The Morgan fingerprint density at radius 1 is 1.17 bits per heavy atom. The predicted octanol–water partition coefficient (Wildman–Crippen LogP) is 2.23. The van der Waals surface area contributed by atoms with E-state index in [1.165, 1.54) is 0 Å². The lowest BCUT2D eigenvalue weighted by atomic mass is 10.1. The van der Waals surface area contributed by atoms with E-state index in [2.05, 4.69) is 9.97 Å². The van der Waals surface area contributed by atoms with Crippen LogP contribution in [0.4, 0.5) is 4.39 Å². The molecule has 0 saturated carbocycles. The molecule has 1 aliphatic heterocycles. The highest BCUT2D eigenvalue weighted by Crippen LogP contribution is 2.16. The highest BCUT2D eigenvalue weighted by Gasteiger charge is 2.24. The third-order valence-corrected chi connectivity index (χ3v) is 3.86. The number of likely N-dealkylation sites (tertiary alicyclic amines) is 1. The first-order valence-corrected chi connectivity index (χ1v) is 7.66. The third kappa shape index (κ3) is 4.25. The second-order valence-electron chi connectivity index (χ2n) is 5.54. The Morgan fingerprint density at radius 2 is 1.83 bits per heavy atom. The Morgan fingerprint density at radius 3 is 2.48 bits per heavy atom. The number of ether oxygens (including phenoxy) is 1. The van der Waals surface area contributed by atoms with Gasteiger partial charge in [0.1, 0.15) is 6.10 Å². The van der Waals surface area contributed by atoms with Gasteiger partial charge in [-0.3, -0.25) is 4.79 Å². The van der Waals surface area contributed by atoms with E-state index in [0.29, 0.717) is 19.5 Å². The number of carbonyl (C=O) groups excluding carboxylic acids is 1. The zero-order valence-electron chi connectivity index (χ0n) is 12.7. The summed E-state index contributed by atoms with van der Waals surface area (Å²) in [6.45, 7) is 1.30. The summed E-state index contributed by atoms with van der Waals surface area (Å²) >= 11 is 0. The number of rotatable bonds is 4. The SMILES string of the molecule is O=C(Cc1ccccc1)N1CCC(Oc2ncc(F)cn2)CC1. The van der Waals surface area contributed by atoms with E-state index >= 15 is 0 Å². The molecule has 2 heterocycles. The van der Waals surface area contributed by atoms with Crippen molar-refractivity contribution < 1.29 is 13.9 Å². The van der Waals surface area contributed by atoms with Crippen LogP contribution < -0.4 is 4.74 Å². The van der Waals surface area contributed by atoms with E-state index in [9.17, 15) is 9.18 Å². The van der Waals surface area contributed by atoms with Crippen molar-refractivity contribution in [3.8, 4) is 6.01 Å². The molecule has 0 radical (unpaired) electrons. The molecule has 0 aliphatic carbocycles. The minimum Gasteiger partial charge on any atom is -0.460 e. The first kappa shape index (κ1) is 15.4. The molecule has 0 spiro atoms. The Bertz CT molecular complexity index is 641. The van der Waals surface area contributed by atoms with Gasteiger partial charge < -0.3 is 9.64 Å². The number of aromatic nitrogens is 2. The number of amides is 1. The first-order valence-electron chi connectivity index (χ1n) is 7.66. The van der Waals surface area contributed by atoms with E-state index in [0.717, 1.165) is 30.8 Å². The average molecular weight is 315 g/mol. The van der Waals surface area contributed by atoms with Gasteiger partial charge in [-0.1, -0.05) is 30.3 Å². The summed E-state index contributed by atoms with van der Waals surface area (Å²) in [5, 5.41) is 0. The maximum absolute atomic E-state index is 12.8. The quantitative estimate of drug-likeness (QED) is 0.868. The predicted molar refractivity (Wildman–Crippen MR) is 82.4 cm³/mol. The Balaban J connectivity index is 1.48. The van der Waals surface area contributed by atoms with E-state index in [-0.39, 0.29) is 18.0 Å². The maximum Gasteiger partial charge on any atom is 0.316 e. The zero-order chi connectivity index (χ0) is 16.1. The van der Waals surface area contributed by atoms with Gasteiger partial charge in [0.2, 0.25) is 5.91 Å². The molecule has 0 unspecified atom stereocenters. The van der Waals surface area contributed by atoms with Gasteiger partial charge in [0.25, 0.3) is 0 Å². The van der Waals surface area contributed by atoms with Crippen LogP contribution in [0.15, 0.2) is 42.7 Å². The summed E-state index contributed by atoms with van der Waals surface area (Å²) in [6.07, 6.45) is 4.00. The minimum atomic E-state index is -0.487. The number of halogens is 1. The Hall–Kier alpha value is -2.50. The van der Waals surface area contributed by atoms with Crippen molar-refractivity contribution >= 4 is 5.91 Å². The first-order chi connectivity index (χ1) is 11.2. The third-order valence-electron chi connectivity index (χ3n) is 3.86. The van der Waals surface area contributed by atoms with E-state index in [4.69, 9.17) is 4.74 Å². The summed E-state index contributed by atoms with van der Waals surface area (Å²) in [7, 11) is 0. The van der Waals surface area contributed by atoms with Gasteiger partial charge in [-0.05, 0) is 5.56 Å². The molecule has 1 saturated heterocycles. The number of hydrogen-bond acceptors (Lipinski definition) is 4. The standard InChI is InChI=1S/C17H18FN3O2/c18-14-11-19-17(20-12-14)23-15-6-8-21(9-7-15)16(22)10-13-4-2-1-3-5-13/h1-5,11-12,15H,6-10H2. The molecule has 1 fully saturated rings. The lowest BCUT2D eigenvalue weighted by Crippen LogP contribution is -2.42. The average Bonchev–Trinajstić information content (AvgIpc) is 2.58. The number of hydrogen-bond donors (Lipinski definition) is 0. The highest BCUT2D eigenvalue weighted by molar-refractivity contribution is 5.78. The van der Waals surface area contributed by atoms with E-state index in [1.54, 1.807) is 0 Å². The summed E-state index contributed by atoms with van der Waals surface area (Å²) in [5.41, 5.74) is 1.02. The van der Waals surface area contributed by atoms with Crippen LogP contribution in [-0.2, 0) is 11.2 Å². The topological polar surface area (TPSA) is 55.3 Å². The summed E-state index contributed by atoms with van der Waals surface area (Å²) in [5.74, 6) is -0.355.